The van der Waals surface area contributed by atoms with E-state index in [1.54, 1.807) is 0 Å². The Balaban J connectivity index is 2.81. The molecule has 15 heavy (non-hydrogen) atoms. The van der Waals surface area contributed by atoms with Crippen LogP contribution in [0.15, 0.2) is 23.1 Å². The van der Waals surface area contributed by atoms with Crippen molar-refractivity contribution >= 4 is 5.69 Å². The minimum Gasteiger partial charge on any atom is -0.309 e. The van der Waals surface area contributed by atoms with Crippen LogP contribution in [0.3, 0.4) is 0 Å². The molecule has 0 bridgehead atoms. The molecular formula is C10H14N2O3. The topological polar surface area (TPSA) is 65.1 Å². The highest BCUT2D eigenvalue weighted by Crippen LogP contribution is 2.07. The van der Waals surface area contributed by atoms with Crippen molar-refractivity contribution < 1.29 is 4.92 Å². The molecule has 0 spiro atoms. The molecule has 0 fully saturated rings. The van der Waals surface area contributed by atoms with Crippen LogP contribution in [0, 0.1) is 10.1 Å². The molecule has 0 saturated heterocycles. The first-order valence-corrected chi connectivity index (χ1v) is 5.00. The van der Waals surface area contributed by atoms with E-state index >= 15 is 0 Å². The Hall–Kier alpha value is -1.65. The fourth-order valence-electron chi connectivity index (χ4n) is 1.33. The van der Waals surface area contributed by atoms with E-state index in [0.29, 0.717) is 6.54 Å². The summed E-state index contributed by atoms with van der Waals surface area (Å²) in [6, 6.07) is 2.47. The van der Waals surface area contributed by atoms with Crippen molar-refractivity contribution in [2.24, 2.45) is 0 Å². The van der Waals surface area contributed by atoms with Crippen molar-refractivity contribution in [2.45, 2.75) is 32.7 Å². The number of aryl methyl sites for hydroxylation is 1. The maximum atomic E-state index is 11.3. The third-order valence-electron chi connectivity index (χ3n) is 2.18. The summed E-state index contributed by atoms with van der Waals surface area (Å²) in [5.74, 6) is 0. The van der Waals surface area contributed by atoms with Crippen LogP contribution in [0.2, 0.25) is 0 Å². The lowest BCUT2D eigenvalue weighted by Gasteiger charge is -2.03. The fraction of sp³-hybridized carbons (Fsp3) is 0.500. The van der Waals surface area contributed by atoms with Gasteiger partial charge in [-0.1, -0.05) is 19.8 Å². The lowest BCUT2D eigenvalue weighted by molar-refractivity contribution is -0.385. The van der Waals surface area contributed by atoms with Crippen molar-refractivity contribution in [2.75, 3.05) is 0 Å². The summed E-state index contributed by atoms with van der Waals surface area (Å²) in [7, 11) is 0. The predicted octanol–water partition coefficient (Wildman–Crippen LogP) is 1.95. The quantitative estimate of drug-likeness (QED) is 0.424. The molecule has 1 aromatic heterocycles. The van der Waals surface area contributed by atoms with E-state index in [4.69, 9.17) is 0 Å². The average Bonchev–Trinajstić information content (AvgIpc) is 2.20. The van der Waals surface area contributed by atoms with Crippen LogP contribution in [0.5, 0.6) is 0 Å². The number of unbranched alkanes of at least 4 members (excludes halogenated alkanes) is 2. The van der Waals surface area contributed by atoms with E-state index < -0.39 is 4.92 Å². The van der Waals surface area contributed by atoms with Gasteiger partial charge in [0.15, 0.2) is 0 Å². The third kappa shape index (κ3) is 3.19. The molecule has 5 heteroatoms. The first-order valence-electron chi connectivity index (χ1n) is 5.00. The van der Waals surface area contributed by atoms with Gasteiger partial charge in [-0.2, -0.15) is 0 Å². The minimum absolute atomic E-state index is 0.0360. The molecule has 0 unspecified atom stereocenters. The van der Waals surface area contributed by atoms with Crippen LogP contribution in [-0.2, 0) is 6.54 Å². The number of rotatable bonds is 5. The Morgan fingerprint density at radius 2 is 2.13 bits per heavy atom. The van der Waals surface area contributed by atoms with Crippen molar-refractivity contribution in [3.8, 4) is 0 Å². The lowest BCUT2D eigenvalue weighted by atomic mass is 10.2. The van der Waals surface area contributed by atoms with E-state index in [0.717, 1.165) is 19.3 Å². The largest absolute Gasteiger partial charge is 0.309 e. The van der Waals surface area contributed by atoms with Gasteiger partial charge in [0.25, 0.3) is 11.2 Å². The second kappa shape index (κ2) is 5.29. The first kappa shape index (κ1) is 11.4. The van der Waals surface area contributed by atoms with Crippen LogP contribution in [-0.4, -0.2) is 9.49 Å². The van der Waals surface area contributed by atoms with E-state index in [1.807, 2.05) is 0 Å². The molecule has 0 radical (unpaired) electrons. The molecule has 1 heterocycles. The molecule has 0 aliphatic rings. The zero-order chi connectivity index (χ0) is 11.3. The minimum atomic E-state index is -0.490. The molecule has 1 aromatic rings. The molecule has 0 amide bonds. The Kier molecular flexibility index (Phi) is 4.03. The van der Waals surface area contributed by atoms with Gasteiger partial charge in [0.1, 0.15) is 0 Å². The predicted molar refractivity (Wildman–Crippen MR) is 56.9 cm³/mol. The highest BCUT2D eigenvalue weighted by Gasteiger charge is 2.06. The fourth-order valence-corrected chi connectivity index (χ4v) is 1.33. The third-order valence-corrected chi connectivity index (χ3v) is 2.18. The lowest BCUT2D eigenvalue weighted by Crippen LogP contribution is -2.18. The van der Waals surface area contributed by atoms with Crippen LogP contribution in [0.25, 0.3) is 0 Å². The Bertz CT molecular complexity index is 398. The second-order valence-electron chi connectivity index (χ2n) is 3.38. The Morgan fingerprint density at radius 3 is 2.73 bits per heavy atom. The average molecular weight is 210 g/mol. The van der Waals surface area contributed by atoms with Gasteiger partial charge in [0, 0.05) is 18.7 Å². The van der Waals surface area contributed by atoms with Gasteiger partial charge in [-0.15, -0.1) is 0 Å². The highest BCUT2D eigenvalue weighted by atomic mass is 16.6. The molecule has 0 saturated carbocycles. The van der Waals surface area contributed by atoms with Gasteiger partial charge in [-0.3, -0.25) is 14.9 Å². The molecule has 0 aliphatic carbocycles. The van der Waals surface area contributed by atoms with Gasteiger partial charge in [-0.05, 0) is 6.42 Å². The summed E-state index contributed by atoms with van der Waals surface area (Å²) < 4.78 is 1.40. The highest BCUT2D eigenvalue weighted by molar-refractivity contribution is 5.24. The zero-order valence-electron chi connectivity index (χ0n) is 8.68. The normalized spacial score (nSPS) is 10.2. The van der Waals surface area contributed by atoms with E-state index in [-0.39, 0.29) is 11.2 Å². The van der Waals surface area contributed by atoms with Gasteiger partial charge < -0.3 is 4.57 Å². The molecule has 5 nitrogen and oxygen atoms in total. The van der Waals surface area contributed by atoms with Crippen LogP contribution in [0.4, 0.5) is 5.69 Å². The number of pyridine rings is 1. The zero-order valence-corrected chi connectivity index (χ0v) is 8.68. The monoisotopic (exact) mass is 210 g/mol. The van der Waals surface area contributed by atoms with Crippen LogP contribution < -0.4 is 5.56 Å². The first-order chi connectivity index (χ1) is 7.15. The molecule has 0 atom stereocenters. The van der Waals surface area contributed by atoms with E-state index in [1.165, 1.54) is 22.9 Å². The van der Waals surface area contributed by atoms with Crippen molar-refractivity contribution in [1.29, 1.82) is 0 Å². The van der Waals surface area contributed by atoms with Gasteiger partial charge in [-0.25, -0.2) is 0 Å². The summed E-state index contributed by atoms with van der Waals surface area (Å²) in [5, 5.41) is 10.5. The standard InChI is InChI=1S/C10H14N2O3/c1-2-3-4-7-11-8-9(12(14)15)5-6-10(11)13/h5-6,8H,2-4,7H2,1H3. The number of aromatic nitrogens is 1. The maximum absolute atomic E-state index is 11.3. The maximum Gasteiger partial charge on any atom is 0.285 e. The summed E-state index contributed by atoms with van der Waals surface area (Å²) in [6.45, 7) is 2.62. The van der Waals surface area contributed by atoms with E-state index in [9.17, 15) is 14.9 Å². The van der Waals surface area contributed by atoms with Crippen LogP contribution in [0.1, 0.15) is 26.2 Å². The molecular weight excluding hydrogens is 196 g/mol. The summed E-state index contributed by atoms with van der Waals surface area (Å²) in [5.41, 5.74) is -0.220. The van der Waals surface area contributed by atoms with E-state index in [2.05, 4.69) is 6.92 Å². The number of hydrogen-bond donors (Lipinski definition) is 0. The number of nitro groups is 1. The second-order valence-corrected chi connectivity index (χ2v) is 3.38. The van der Waals surface area contributed by atoms with Crippen molar-refractivity contribution in [3.05, 3.63) is 38.8 Å². The number of nitrogens with zero attached hydrogens (tertiary/aromatic N) is 2. The Morgan fingerprint density at radius 1 is 1.40 bits per heavy atom. The number of hydrogen-bond acceptors (Lipinski definition) is 3. The Labute approximate surface area is 87.5 Å². The summed E-state index contributed by atoms with van der Waals surface area (Å²) >= 11 is 0. The van der Waals surface area contributed by atoms with Gasteiger partial charge >= 0.3 is 0 Å². The van der Waals surface area contributed by atoms with Gasteiger partial charge in [0.2, 0.25) is 0 Å². The molecule has 0 aliphatic heterocycles. The molecule has 82 valence electrons. The molecule has 1 rings (SSSR count). The SMILES string of the molecule is CCCCCn1cc([N+](=O)[O-])ccc1=O. The molecule has 0 aromatic carbocycles. The molecule has 0 N–H and O–H groups in total. The van der Waals surface area contributed by atoms with Crippen molar-refractivity contribution in [3.63, 3.8) is 0 Å². The summed E-state index contributed by atoms with van der Waals surface area (Å²) in [6.07, 6.45) is 4.26. The smallest absolute Gasteiger partial charge is 0.285 e. The van der Waals surface area contributed by atoms with Gasteiger partial charge in [0.05, 0.1) is 11.1 Å². The van der Waals surface area contributed by atoms with Crippen molar-refractivity contribution in [1.82, 2.24) is 4.57 Å². The summed E-state index contributed by atoms with van der Waals surface area (Å²) in [4.78, 5) is 21.3. The van der Waals surface area contributed by atoms with Crippen LogP contribution >= 0.6 is 0 Å².